The van der Waals surface area contributed by atoms with E-state index in [-0.39, 0.29) is 0 Å². The van der Waals surface area contributed by atoms with E-state index in [2.05, 4.69) is 22.7 Å². The summed E-state index contributed by atoms with van der Waals surface area (Å²) in [6, 6.07) is 3.99. The molecular formula is C18H25N3O2. The Morgan fingerprint density at radius 1 is 1.39 bits per heavy atom. The van der Waals surface area contributed by atoms with Gasteiger partial charge in [-0.15, -0.1) is 0 Å². The van der Waals surface area contributed by atoms with Crippen LogP contribution in [0.1, 0.15) is 42.7 Å². The standard InChI is InChI=1S/C18H25N3O2/c1-2-22-13-15-9-20(10-16-4-3-7-23-16)12-18-17(15)11-21(19-18)8-14-5-6-14/h3-4,7,11,14-15H,2,5-6,8-10,12-13H2,1H3/t15-/m1/s1. The Bertz CT molecular complexity index is 631. The number of aromatic nitrogens is 2. The quantitative estimate of drug-likeness (QED) is 0.788. The van der Waals surface area contributed by atoms with E-state index in [4.69, 9.17) is 14.3 Å². The van der Waals surface area contributed by atoms with E-state index >= 15 is 0 Å². The van der Waals surface area contributed by atoms with Crippen molar-refractivity contribution in [3.63, 3.8) is 0 Å². The van der Waals surface area contributed by atoms with Crippen molar-refractivity contribution in [3.8, 4) is 0 Å². The van der Waals surface area contributed by atoms with Gasteiger partial charge in [0.25, 0.3) is 0 Å². The number of fused-ring (bicyclic) bond motifs is 1. The molecule has 0 unspecified atom stereocenters. The van der Waals surface area contributed by atoms with Crippen molar-refractivity contribution in [1.29, 1.82) is 0 Å². The van der Waals surface area contributed by atoms with Gasteiger partial charge in [0, 0.05) is 43.9 Å². The van der Waals surface area contributed by atoms with Gasteiger partial charge in [-0.05, 0) is 37.8 Å². The molecule has 0 radical (unpaired) electrons. The van der Waals surface area contributed by atoms with Gasteiger partial charge in [-0.25, -0.2) is 0 Å². The molecular weight excluding hydrogens is 290 g/mol. The van der Waals surface area contributed by atoms with Gasteiger partial charge >= 0.3 is 0 Å². The Morgan fingerprint density at radius 2 is 2.30 bits per heavy atom. The molecule has 1 fully saturated rings. The lowest BCUT2D eigenvalue weighted by Crippen LogP contribution is -2.34. The molecule has 4 rings (SSSR count). The smallest absolute Gasteiger partial charge is 0.117 e. The molecule has 0 N–H and O–H groups in total. The van der Waals surface area contributed by atoms with E-state index in [0.29, 0.717) is 5.92 Å². The fraction of sp³-hybridized carbons (Fsp3) is 0.611. The Hall–Kier alpha value is -1.59. The van der Waals surface area contributed by atoms with Gasteiger partial charge in [0.05, 0.1) is 25.1 Å². The second kappa shape index (κ2) is 6.49. The van der Waals surface area contributed by atoms with Crippen LogP contribution in [0.3, 0.4) is 0 Å². The molecule has 124 valence electrons. The van der Waals surface area contributed by atoms with Crippen LogP contribution in [-0.2, 0) is 24.4 Å². The Balaban J connectivity index is 1.51. The maximum Gasteiger partial charge on any atom is 0.117 e. The van der Waals surface area contributed by atoms with Crippen LogP contribution >= 0.6 is 0 Å². The number of ether oxygens (including phenoxy) is 1. The van der Waals surface area contributed by atoms with Gasteiger partial charge in [-0.1, -0.05) is 0 Å². The van der Waals surface area contributed by atoms with Crippen molar-refractivity contribution in [2.45, 2.75) is 45.3 Å². The second-order valence-corrected chi connectivity index (χ2v) is 6.80. The summed E-state index contributed by atoms with van der Waals surface area (Å²) in [4.78, 5) is 2.42. The normalized spacial score (nSPS) is 21.5. The van der Waals surface area contributed by atoms with Gasteiger partial charge in [-0.3, -0.25) is 9.58 Å². The van der Waals surface area contributed by atoms with Crippen molar-refractivity contribution in [1.82, 2.24) is 14.7 Å². The molecule has 0 spiro atoms. The van der Waals surface area contributed by atoms with Crippen LogP contribution in [0.15, 0.2) is 29.0 Å². The summed E-state index contributed by atoms with van der Waals surface area (Å²) in [7, 11) is 0. The first-order chi connectivity index (χ1) is 11.3. The summed E-state index contributed by atoms with van der Waals surface area (Å²) >= 11 is 0. The third kappa shape index (κ3) is 3.51. The maximum atomic E-state index is 5.73. The Labute approximate surface area is 137 Å². The first kappa shape index (κ1) is 15.0. The fourth-order valence-corrected chi connectivity index (χ4v) is 3.43. The molecule has 0 bridgehead atoms. The number of hydrogen-bond donors (Lipinski definition) is 0. The first-order valence-electron chi connectivity index (χ1n) is 8.70. The zero-order valence-corrected chi connectivity index (χ0v) is 13.8. The summed E-state index contributed by atoms with van der Waals surface area (Å²) in [6.07, 6.45) is 6.73. The number of nitrogens with zero attached hydrogens (tertiary/aromatic N) is 3. The third-order valence-electron chi connectivity index (χ3n) is 4.79. The van der Waals surface area contributed by atoms with Crippen LogP contribution in [0.4, 0.5) is 0 Å². The van der Waals surface area contributed by atoms with E-state index in [1.54, 1.807) is 6.26 Å². The summed E-state index contributed by atoms with van der Waals surface area (Å²) in [5.74, 6) is 2.27. The highest BCUT2D eigenvalue weighted by atomic mass is 16.5. The summed E-state index contributed by atoms with van der Waals surface area (Å²) in [5, 5.41) is 4.86. The molecule has 2 aliphatic rings. The minimum Gasteiger partial charge on any atom is -0.468 e. The monoisotopic (exact) mass is 315 g/mol. The first-order valence-corrected chi connectivity index (χ1v) is 8.70. The van der Waals surface area contributed by atoms with Crippen LogP contribution < -0.4 is 0 Å². The van der Waals surface area contributed by atoms with Crippen LogP contribution in [0, 0.1) is 5.92 Å². The highest BCUT2D eigenvalue weighted by Crippen LogP contribution is 2.33. The zero-order valence-electron chi connectivity index (χ0n) is 13.8. The summed E-state index contributed by atoms with van der Waals surface area (Å²) in [6.45, 7) is 7.41. The van der Waals surface area contributed by atoms with Crippen molar-refractivity contribution >= 4 is 0 Å². The highest BCUT2D eigenvalue weighted by Gasteiger charge is 2.30. The van der Waals surface area contributed by atoms with Crippen LogP contribution in [0.5, 0.6) is 0 Å². The minimum absolute atomic E-state index is 0.404. The average molecular weight is 315 g/mol. The van der Waals surface area contributed by atoms with Crippen molar-refractivity contribution in [2.24, 2.45) is 5.92 Å². The largest absolute Gasteiger partial charge is 0.468 e. The molecule has 1 atom stereocenters. The molecule has 2 aromatic heterocycles. The molecule has 5 heteroatoms. The SMILES string of the molecule is CCOC[C@H]1CN(Cc2ccco2)Cc2nn(CC3CC3)cc21. The molecule has 3 heterocycles. The number of furan rings is 1. The van der Waals surface area contributed by atoms with E-state index in [1.165, 1.54) is 24.1 Å². The Kier molecular flexibility index (Phi) is 4.23. The molecule has 2 aromatic rings. The zero-order chi connectivity index (χ0) is 15.6. The molecule has 23 heavy (non-hydrogen) atoms. The molecule has 1 aliphatic heterocycles. The fourth-order valence-electron chi connectivity index (χ4n) is 3.43. The van der Waals surface area contributed by atoms with Crippen molar-refractivity contribution < 1.29 is 9.15 Å². The van der Waals surface area contributed by atoms with Gasteiger partial charge in [0.1, 0.15) is 5.76 Å². The van der Waals surface area contributed by atoms with Crippen LogP contribution in [0.25, 0.3) is 0 Å². The third-order valence-corrected chi connectivity index (χ3v) is 4.79. The molecule has 0 saturated heterocycles. The topological polar surface area (TPSA) is 43.4 Å². The maximum absolute atomic E-state index is 5.73. The van der Waals surface area contributed by atoms with Gasteiger partial charge < -0.3 is 9.15 Å². The minimum atomic E-state index is 0.404. The molecule has 0 amide bonds. The lowest BCUT2D eigenvalue weighted by Gasteiger charge is -2.31. The van der Waals surface area contributed by atoms with Gasteiger partial charge in [0.15, 0.2) is 0 Å². The predicted molar refractivity (Wildman–Crippen MR) is 87.0 cm³/mol. The lowest BCUT2D eigenvalue weighted by molar-refractivity contribution is 0.102. The van der Waals surface area contributed by atoms with E-state index in [1.807, 2.05) is 12.1 Å². The van der Waals surface area contributed by atoms with Gasteiger partial charge in [0.2, 0.25) is 0 Å². The number of hydrogen-bond acceptors (Lipinski definition) is 4. The van der Waals surface area contributed by atoms with Crippen LogP contribution in [0.2, 0.25) is 0 Å². The molecule has 0 aromatic carbocycles. The van der Waals surface area contributed by atoms with E-state index < -0.39 is 0 Å². The molecule has 5 nitrogen and oxygen atoms in total. The molecule has 1 aliphatic carbocycles. The number of rotatable bonds is 7. The second-order valence-electron chi connectivity index (χ2n) is 6.80. The lowest BCUT2D eigenvalue weighted by atomic mass is 9.95. The average Bonchev–Trinajstić information content (AvgIpc) is 3.04. The Morgan fingerprint density at radius 3 is 3.04 bits per heavy atom. The van der Waals surface area contributed by atoms with Crippen molar-refractivity contribution in [3.05, 3.63) is 41.6 Å². The summed E-state index contributed by atoms with van der Waals surface area (Å²) < 4.78 is 13.4. The molecule has 1 saturated carbocycles. The van der Waals surface area contributed by atoms with E-state index in [9.17, 15) is 0 Å². The van der Waals surface area contributed by atoms with Crippen molar-refractivity contribution in [2.75, 3.05) is 19.8 Å². The predicted octanol–water partition coefficient (Wildman–Crippen LogP) is 3.02. The van der Waals surface area contributed by atoms with Crippen LogP contribution in [-0.4, -0.2) is 34.4 Å². The summed E-state index contributed by atoms with van der Waals surface area (Å²) in [5.41, 5.74) is 2.60. The van der Waals surface area contributed by atoms with Gasteiger partial charge in [-0.2, -0.15) is 5.10 Å². The van der Waals surface area contributed by atoms with E-state index in [0.717, 1.165) is 51.1 Å². The highest BCUT2D eigenvalue weighted by molar-refractivity contribution is 5.25.